The van der Waals surface area contributed by atoms with E-state index in [-0.39, 0.29) is 5.54 Å². The summed E-state index contributed by atoms with van der Waals surface area (Å²) >= 11 is 0. The van der Waals surface area contributed by atoms with Gasteiger partial charge in [-0.15, -0.1) is 0 Å². The molecule has 2 rings (SSSR count). The van der Waals surface area contributed by atoms with E-state index in [2.05, 4.69) is 61.7 Å². The van der Waals surface area contributed by atoms with Gasteiger partial charge in [0, 0.05) is 19.1 Å². The normalized spacial score (nSPS) is 29.5. The molecule has 1 aromatic carbocycles. The lowest BCUT2D eigenvalue weighted by Crippen LogP contribution is -2.59. The second kappa shape index (κ2) is 5.19. The van der Waals surface area contributed by atoms with E-state index in [0.717, 1.165) is 19.0 Å². The van der Waals surface area contributed by atoms with E-state index in [1.165, 1.54) is 12.0 Å². The van der Waals surface area contributed by atoms with Crippen molar-refractivity contribution >= 4 is 0 Å². The number of nitrogens with one attached hydrogen (secondary N) is 2. The molecule has 0 aliphatic carbocycles. The highest BCUT2D eigenvalue weighted by Gasteiger charge is 2.31. The van der Waals surface area contributed by atoms with Crippen LogP contribution >= 0.6 is 0 Å². The molecule has 0 amide bonds. The van der Waals surface area contributed by atoms with Crippen LogP contribution < -0.4 is 10.6 Å². The van der Waals surface area contributed by atoms with Crippen molar-refractivity contribution in [3.05, 3.63) is 35.9 Å². The Bertz CT molecular complexity index is 337. The quantitative estimate of drug-likeness (QED) is 0.837. The fourth-order valence-electron chi connectivity index (χ4n) is 2.58. The number of piperazine rings is 1. The number of hydrogen-bond acceptors (Lipinski definition) is 2. The maximum absolute atomic E-state index is 3.70. The summed E-state index contributed by atoms with van der Waals surface area (Å²) in [7, 11) is 0. The van der Waals surface area contributed by atoms with Gasteiger partial charge in [-0.3, -0.25) is 0 Å². The van der Waals surface area contributed by atoms with Gasteiger partial charge in [0.15, 0.2) is 0 Å². The van der Waals surface area contributed by atoms with Crippen molar-refractivity contribution in [2.45, 2.75) is 38.8 Å². The molecule has 0 saturated carbocycles. The maximum Gasteiger partial charge on any atom is 0.0533 e. The Morgan fingerprint density at radius 2 is 2.00 bits per heavy atom. The topological polar surface area (TPSA) is 24.1 Å². The lowest BCUT2D eigenvalue weighted by molar-refractivity contribution is 0.238. The first-order valence-electron chi connectivity index (χ1n) is 6.64. The summed E-state index contributed by atoms with van der Waals surface area (Å²) in [5.74, 6) is 0.760. The highest BCUT2D eigenvalue weighted by atomic mass is 15.1. The monoisotopic (exact) mass is 232 g/mol. The molecule has 0 radical (unpaired) electrons. The molecular formula is C15H24N2. The van der Waals surface area contributed by atoms with Crippen LogP contribution in [-0.4, -0.2) is 19.1 Å². The van der Waals surface area contributed by atoms with Gasteiger partial charge in [-0.25, -0.2) is 0 Å². The van der Waals surface area contributed by atoms with Crippen molar-refractivity contribution < 1.29 is 0 Å². The van der Waals surface area contributed by atoms with E-state index in [0.29, 0.717) is 6.04 Å². The minimum atomic E-state index is 0.0781. The van der Waals surface area contributed by atoms with Crippen LogP contribution in [0.25, 0.3) is 0 Å². The van der Waals surface area contributed by atoms with Crippen molar-refractivity contribution in [3.63, 3.8) is 0 Å². The summed E-state index contributed by atoms with van der Waals surface area (Å²) in [6, 6.07) is 11.3. The molecule has 1 aromatic rings. The zero-order valence-corrected chi connectivity index (χ0v) is 11.2. The van der Waals surface area contributed by atoms with Crippen LogP contribution in [0.3, 0.4) is 0 Å². The Kier molecular flexibility index (Phi) is 3.85. The predicted molar refractivity (Wildman–Crippen MR) is 73.0 cm³/mol. The molecule has 1 saturated heterocycles. The van der Waals surface area contributed by atoms with Crippen molar-refractivity contribution in [1.82, 2.24) is 10.6 Å². The van der Waals surface area contributed by atoms with Crippen LogP contribution in [0.1, 0.15) is 32.8 Å². The SMILES string of the molecule is CC(C)CC1CNC(C)(c2ccccc2)CN1. The summed E-state index contributed by atoms with van der Waals surface area (Å²) < 4.78 is 0. The highest BCUT2D eigenvalue weighted by Crippen LogP contribution is 2.23. The van der Waals surface area contributed by atoms with Gasteiger partial charge < -0.3 is 10.6 Å². The van der Waals surface area contributed by atoms with E-state index >= 15 is 0 Å². The average Bonchev–Trinajstić information content (AvgIpc) is 2.33. The average molecular weight is 232 g/mol. The third-order valence-corrected chi connectivity index (χ3v) is 3.65. The first-order valence-corrected chi connectivity index (χ1v) is 6.64. The van der Waals surface area contributed by atoms with Gasteiger partial charge in [-0.2, -0.15) is 0 Å². The van der Waals surface area contributed by atoms with Crippen molar-refractivity contribution in [3.8, 4) is 0 Å². The van der Waals surface area contributed by atoms with Crippen molar-refractivity contribution in [1.29, 1.82) is 0 Å². The standard InChI is InChI=1S/C15H24N2/c1-12(2)9-14-10-17-15(3,11-16-14)13-7-5-4-6-8-13/h4-8,12,14,16-17H,9-11H2,1-3H3. The Hall–Kier alpha value is -0.860. The second-order valence-electron chi connectivity index (χ2n) is 5.79. The highest BCUT2D eigenvalue weighted by molar-refractivity contribution is 5.25. The van der Waals surface area contributed by atoms with Gasteiger partial charge in [0.25, 0.3) is 0 Å². The van der Waals surface area contributed by atoms with Crippen molar-refractivity contribution in [2.24, 2.45) is 5.92 Å². The van der Waals surface area contributed by atoms with Gasteiger partial charge in [0.1, 0.15) is 0 Å². The fraction of sp³-hybridized carbons (Fsp3) is 0.600. The molecule has 2 atom stereocenters. The fourth-order valence-corrected chi connectivity index (χ4v) is 2.58. The summed E-state index contributed by atoms with van der Waals surface area (Å²) in [6.07, 6.45) is 1.25. The predicted octanol–water partition coefficient (Wildman–Crippen LogP) is 2.51. The second-order valence-corrected chi connectivity index (χ2v) is 5.79. The molecule has 1 aliphatic rings. The Balaban J connectivity index is 1.98. The molecule has 2 unspecified atom stereocenters. The van der Waals surface area contributed by atoms with Crippen molar-refractivity contribution in [2.75, 3.05) is 13.1 Å². The molecule has 2 N–H and O–H groups in total. The Morgan fingerprint density at radius 3 is 2.53 bits per heavy atom. The molecule has 0 bridgehead atoms. The summed E-state index contributed by atoms with van der Waals surface area (Å²) in [4.78, 5) is 0. The molecule has 0 spiro atoms. The van der Waals surface area contributed by atoms with Gasteiger partial charge in [-0.05, 0) is 24.8 Å². The first-order chi connectivity index (χ1) is 8.10. The molecule has 94 valence electrons. The van der Waals surface area contributed by atoms with E-state index in [9.17, 15) is 0 Å². The van der Waals surface area contributed by atoms with E-state index in [4.69, 9.17) is 0 Å². The lowest BCUT2D eigenvalue weighted by atomic mass is 9.88. The van der Waals surface area contributed by atoms with E-state index < -0.39 is 0 Å². The molecule has 17 heavy (non-hydrogen) atoms. The lowest BCUT2D eigenvalue weighted by Gasteiger charge is -2.40. The molecule has 1 fully saturated rings. The smallest absolute Gasteiger partial charge is 0.0533 e. The van der Waals surface area contributed by atoms with Gasteiger partial charge in [0.05, 0.1) is 5.54 Å². The van der Waals surface area contributed by atoms with Gasteiger partial charge in [-0.1, -0.05) is 44.2 Å². The third-order valence-electron chi connectivity index (χ3n) is 3.65. The maximum atomic E-state index is 3.70. The van der Waals surface area contributed by atoms with E-state index in [1.807, 2.05) is 0 Å². The molecular weight excluding hydrogens is 208 g/mol. The van der Waals surface area contributed by atoms with Crippen LogP contribution in [0.5, 0.6) is 0 Å². The Morgan fingerprint density at radius 1 is 1.29 bits per heavy atom. The van der Waals surface area contributed by atoms with Gasteiger partial charge in [0.2, 0.25) is 0 Å². The van der Waals surface area contributed by atoms with Gasteiger partial charge >= 0.3 is 0 Å². The number of benzene rings is 1. The summed E-state index contributed by atoms with van der Waals surface area (Å²) in [5.41, 5.74) is 1.45. The molecule has 1 aliphatic heterocycles. The zero-order chi connectivity index (χ0) is 12.3. The van der Waals surface area contributed by atoms with Crippen LogP contribution in [0, 0.1) is 5.92 Å². The molecule has 2 heteroatoms. The van der Waals surface area contributed by atoms with Crippen LogP contribution in [-0.2, 0) is 5.54 Å². The van der Waals surface area contributed by atoms with E-state index in [1.54, 1.807) is 0 Å². The summed E-state index contributed by atoms with van der Waals surface area (Å²) in [6.45, 7) is 8.91. The zero-order valence-electron chi connectivity index (χ0n) is 11.2. The van der Waals surface area contributed by atoms with Crippen LogP contribution in [0.4, 0.5) is 0 Å². The van der Waals surface area contributed by atoms with Crippen LogP contribution in [0.2, 0.25) is 0 Å². The molecule has 2 nitrogen and oxygen atoms in total. The molecule has 1 heterocycles. The number of rotatable bonds is 3. The largest absolute Gasteiger partial charge is 0.311 e. The molecule has 0 aromatic heterocycles. The third kappa shape index (κ3) is 3.08. The minimum Gasteiger partial charge on any atom is -0.311 e. The Labute approximate surface area is 105 Å². The first kappa shape index (κ1) is 12.6. The van der Waals surface area contributed by atoms with Crippen LogP contribution in [0.15, 0.2) is 30.3 Å². The number of hydrogen-bond donors (Lipinski definition) is 2. The minimum absolute atomic E-state index is 0.0781. The summed E-state index contributed by atoms with van der Waals surface area (Å²) in [5, 5.41) is 7.38.